The number of fused-ring (bicyclic) bond motifs is 2. The molecule has 0 aromatic carbocycles. The number of rotatable bonds is 7. The van der Waals surface area contributed by atoms with Crippen LogP contribution in [0, 0.1) is 0 Å². The summed E-state index contributed by atoms with van der Waals surface area (Å²) in [7, 11) is 0. The number of hydrogen-bond donors (Lipinski definition) is 2. The van der Waals surface area contributed by atoms with Crippen molar-refractivity contribution < 1.29 is 14.6 Å². The first-order valence-corrected chi connectivity index (χ1v) is 10.9. The number of hydrogen-bond acceptors (Lipinski definition) is 5. The van der Waals surface area contributed by atoms with Crippen molar-refractivity contribution in [1.82, 2.24) is 10.2 Å². The fraction of sp³-hybridized carbons (Fsp3) is 0.889. The Hall–Kier alpha value is -0.530. The molecule has 3 fully saturated rings. The molecule has 7 heteroatoms. The maximum atomic E-state index is 11.5. The second-order valence-corrected chi connectivity index (χ2v) is 9.30. The quantitative estimate of drug-likeness (QED) is 0.301. The second kappa shape index (κ2) is 8.44. The number of unbranched alkanes of at least 4 members (excludes halogenated alkanes) is 1. The Morgan fingerprint density at radius 1 is 1.40 bits per heavy atom. The molecule has 1 spiro atoms. The Morgan fingerprint density at radius 3 is 2.84 bits per heavy atom. The number of nitrogens with zero attached hydrogens (tertiary/aromatic N) is 1. The molecule has 0 unspecified atom stereocenters. The van der Waals surface area contributed by atoms with E-state index in [2.05, 4.69) is 22.0 Å². The fourth-order valence-electron chi connectivity index (χ4n) is 4.61. The number of aliphatic hydroxyl groups excluding tert-OH is 1. The zero-order valence-corrected chi connectivity index (χ0v) is 16.7. The molecule has 1 aliphatic carbocycles. The highest BCUT2D eigenvalue weighted by molar-refractivity contribution is 8.01. The van der Waals surface area contributed by atoms with E-state index in [4.69, 9.17) is 17.0 Å². The van der Waals surface area contributed by atoms with Crippen LogP contribution in [0.5, 0.6) is 0 Å². The minimum Gasteiger partial charge on any atom is -0.466 e. The summed E-state index contributed by atoms with van der Waals surface area (Å²) in [4.78, 5) is 14.1. The van der Waals surface area contributed by atoms with Gasteiger partial charge in [0.2, 0.25) is 0 Å². The molecule has 3 atom stereocenters. The van der Waals surface area contributed by atoms with Crippen LogP contribution in [0.1, 0.15) is 64.7 Å². The van der Waals surface area contributed by atoms with Crippen molar-refractivity contribution in [3.8, 4) is 0 Å². The van der Waals surface area contributed by atoms with Crippen molar-refractivity contribution in [3.05, 3.63) is 0 Å². The molecule has 25 heavy (non-hydrogen) atoms. The summed E-state index contributed by atoms with van der Waals surface area (Å²) >= 11 is 7.72. The summed E-state index contributed by atoms with van der Waals surface area (Å²) in [5.41, 5.74) is 0. The summed E-state index contributed by atoms with van der Waals surface area (Å²) in [5, 5.41) is 14.5. The number of esters is 1. The molecule has 2 N–H and O–H groups in total. The van der Waals surface area contributed by atoms with Crippen LogP contribution in [0.4, 0.5) is 0 Å². The lowest BCUT2D eigenvalue weighted by atomic mass is 9.91. The van der Waals surface area contributed by atoms with Gasteiger partial charge in [0.1, 0.15) is 0 Å². The number of thiocarbonyl (C=S) groups is 1. The second-order valence-electron chi connectivity index (χ2n) is 7.31. The Bertz CT molecular complexity index is 497. The molecular weight excluding hydrogens is 357 g/mol. The number of carbonyl (C=O) groups is 1. The van der Waals surface area contributed by atoms with Crippen molar-refractivity contribution >= 4 is 35.1 Å². The van der Waals surface area contributed by atoms with E-state index in [1.165, 1.54) is 32.1 Å². The Labute approximate surface area is 160 Å². The van der Waals surface area contributed by atoms with E-state index in [9.17, 15) is 9.90 Å². The third-order valence-corrected chi connectivity index (χ3v) is 7.86. The maximum Gasteiger partial charge on any atom is 0.305 e. The van der Waals surface area contributed by atoms with Gasteiger partial charge in [-0.1, -0.05) is 25.7 Å². The molecule has 3 rings (SSSR count). The van der Waals surface area contributed by atoms with Crippen molar-refractivity contribution in [1.29, 1.82) is 0 Å². The molecule has 2 aliphatic heterocycles. The highest BCUT2D eigenvalue weighted by Gasteiger charge is 2.58. The van der Waals surface area contributed by atoms with Crippen LogP contribution in [0.2, 0.25) is 0 Å². The van der Waals surface area contributed by atoms with Crippen LogP contribution >= 0.6 is 24.0 Å². The van der Waals surface area contributed by atoms with Gasteiger partial charge in [-0.2, -0.15) is 0 Å². The van der Waals surface area contributed by atoms with E-state index >= 15 is 0 Å². The zero-order valence-electron chi connectivity index (χ0n) is 15.0. The van der Waals surface area contributed by atoms with Crippen molar-refractivity contribution in [2.45, 2.75) is 86.9 Å². The standard InChI is InChI=1S/C18H30N2O3S2/c1-2-23-15(22)9-5-4-8-14-16-13(12-21)19-17(24)20(16)18(25-14)10-6-3-7-11-18/h13-14,16,21H,2-12H2,1H3,(H,19,24)/t13-,14-,16-/m0/s1/i19+1. The highest BCUT2D eigenvalue weighted by Crippen LogP contribution is 2.55. The average molecular weight is 388 g/mol. The van der Waals surface area contributed by atoms with E-state index in [-0.39, 0.29) is 29.5 Å². The number of ether oxygens (including phenoxy) is 1. The summed E-state index contributed by atoms with van der Waals surface area (Å²) in [6.45, 7) is 2.42. The van der Waals surface area contributed by atoms with Crippen LogP contribution in [-0.4, -0.2) is 56.5 Å². The molecule has 2 heterocycles. The summed E-state index contributed by atoms with van der Waals surface area (Å²) in [5.74, 6) is -0.0936. The molecule has 0 amide bonds. The molecule has 5 nitrogen and oxygen atoms in total. The average Bonchev–Trinajstić information content (AvgIpc) is 3.10. The van der Waals surface area contributed by atoms with Crippen molar-refractivity contribution in [2.75, 3.05) is 13.2 Å². The Balaban J connectivity index is 1.62. The predicted molar refractivity (Wildman–Crippen MR) is 105 cm³/mol. The maximum absolute atomic E-state index is 11.5. The molecule has 3 aliphatic rings. The molecule has 142 valence electrons. The van der Waals surface area contributed by atoms with Crippen LogP contribution in [0.25, 0.3) is 0 Å². The van der Waals surface area contributed by atoms with Crippen molar-refractivity contribution in [3.63, 3.8) is 0 Å². The lowest BCUT2D eigenvalue weighted by molar-refractivity contribution is -0.143. The first kappa shape index (κ1) is 19.2. The lowest BCUT2D eigenvalue weighted by Crippen LogP contribution is -2.48. The summed E-state index contributed by atoms with van der Waals surface area (Å²) in [6.07, 6.45) is 9.67. The van der Waals surface area contributed by atoms with E-state index in [1.54, 1.807) is 0 Å². The van der Waals surface area contributed by atoms with Crippen molar-refractivity contribution in [2.24, 2.45) is 0 Å². The molecule has 0 radical (unpaired) electrons. The monoisotopic (exact) mass is 387 g/mol. The van der Waals surface area contributed by atoms with E-state index in [0.29, 0.717) is 18.3 Å². The first-order valence-electron chi connectivity index (χ1n) is 9.65. The third-order valence-electron chi connectivity index (χ3n) is 5.69. The first-order chi connectivity index (χ1) is 12.1. The van der Waals surface area contributed by atoms with Crippen LogP contribution < -0.4 is 5.32 Å². The van der Waals surface area contributed by atoms with Crippen LogP contribution in [0.3, 0.4) is 0 Å². The van der Waals surface area contributed by atoms with Gasteiger partial charge in [-0.3, -0.25) is 4.79 Å². The Morgan fingerprint density at radius 2 is 2.16 bits per heavy atom. The van der Waals surface area contributed by atoms with Gasteiger partial charge in [0.05, 0.1) is 30.2 Å². The topological polar surface area (TPSA) is 61.8 Å². The van der Waals surface area contributed by atoms with E-state index < -0.39 is 0 Å². The molecule has 0 aromatic rings. The minimum absolute atomic E-state index is 0.0383. The number of aliphatic hydroxyl groups is 1. The van der Waals surface area contributed by atoms with Gasteiger partial charge in [-0.05, 0) is 44.8 Å². The molecular formula is C18H30N2O3S2. The van der Waals surface area contributed by atoms with Crippen LogP contribution in [0.15, 0.2) is 0 Å². The fourth-order valence-corrected chi connectivity index (χ4v) is 7.27. The van der Waals surface area contributed by atoms with Gasteiger partial charge >= 0.3 is 5.97 Å². The molecule has 0 aromatic heterocycles. The minimum atomic E-state index is -0.0936. The highest BCUT2D eigenvalue weighted by atomic mass is 32.2. The van der Waals surface area contributed by atoms with E-state index in [1.807, 2.05) is 6.92 Å². The smallest absolute Gasteiger partial charge is 0.305 e. The Kier molecular flexibility index (Phi) is 6.49. The molecule has 1 saturated carbocycles. The van der Waals surface area contributed by atoms with Gasteiger partial charge in [-0.15, -0.1) is 11.8 Å². The van der Waals surface area contributed by atoms with Gasteiger partial charge in [-0.25, -0.2) is 0 Å². The summed E-state index contributed by atoms with van der Waals surface area (Å²) in [6, 6.07) is 0.319. The number of thioether (sulfide) groups is 1. The van der Waals surface area contributed by atoms with Crippen LogP contribution in [-0.2, 0) is 9.53 Å². The normalized spacial score (nSPS) is 30.4. The lowest BCUT2D eigenvalue weighted by Gasteiger charge is -2.40. The SMILES string of the molecule is CCOC(=O)CCCC[C@@H]1SC2(CCCCC2)N2C(=S)[15NH][C@@H](CO)[C@@H]12. The third kappa shape index (κ3) is 3.93. The van der Waals surface area contributed by atoms with E-state index in [0.717, 1.165) is 24.4 Å². The molecule has 0 bridgehead atoms. The predicted octanol–water partition coefficient (Wildman–Crippen LogP) is 2.81. The van der Waals surface area contributed by atoms with Gasteiger partial charge in [0.25, 0.3) is 0 Å². The summed E-state index contributed by atoms with van der Waals surface area (Å²) < 4.78 is 5.01. The zero-order chi connectivity index (χ0) is 17.9. The largest absolute Gasteiger partial charge is 0.466 e. The van der Waals surface area contributed by atoms with Gasteiger partial charge in [0, 0.05) is 11.7 Å². The van der Waals surface area contributed by atoms with Gasteiger partial charge in [0.15, 0.2) is 5.11 Å². The van der Waals surface area contributed by atoms with Gasteiger partial charge < -0.3 is 20.1 Å². The number of carbonyl (C=O) groups excluding carboxylic acids is 1. The number of nitrogens with one attached hydrogen (secondary N) is 1. The molecule has 2 saturated heterocycles.